The van der Waals surface area contributed by atoms with Crippen molar-refractivity contribution < 1.29 is 9.63 Å². The van der Waals surface area contributed by atoms with Crippen molar-refractivity contribution in [3.8, 4) is 0 Å². The number of allylic oxidation sites excluding steroid dienone is 2. The molecule has 2 unspecified atom stereocenters. The molecule has 2 atom stereocenters. The second-order valence-corrected chi connectivity index (χ2v) is 9.72. The Balaban J connectivity index is 1.85. The molecule has 170 valence electrons. The summed E-state index contributed by atoms with van der Waals surface area (Å²) >= 11 is 0. The van der Waals surface area contributed by atoms with Gasteiger partial charge in [0.25, 0.3) is 0 Å². The minimum atomic E-state index is -0.133. The standard InChI is InChI=1S/C29H37NO2/c1-21(2)17-27(31)20-28(18-22(3)4)32-30-16-15-26(24-13-11-23(5)12-14-24)19-29(30)25-9-7-6-8-10-25/h6-16,19,21-22,28-29H,17-18,20H2,1-5H3. The van der Waals surface area contributed by atoms with Crippen LogP contribution in [0.15, 0.2) is 72.9 Å². The van der Waals surface area contributed by atoms with E-state index < -0.39 is 0 Å². The monoisotopic (exact) mass is 431 g/mol. The van der Waals surface area contributed by atoms with Crippen LogP contribution in [0.2, 0.25) is 0 Å². The van der Waals surface area contributed by atoms with Gasteiger partial charge in [-0.1, -0.05) is 87.9 Å². The van der Waals surface area contributed by atoms with Crippen LogP contribution in [0.25, 0.3) is 5.57 Å². The molecular weight excluding hydrogens is 394 g/mol. The van der Waals surface area contributed by atoms with Crippen molar-refractivity contribution >= 4 is 11.4 Å². The van der Waals surface area contributed by atoms with Crippen LogP contribution in [0, 0.1) is 18.8 Å². The second kappa shape index (κ2) is 11.3. The smallest absolute Gasteiger partial charge is 0.135 e. The van der Waals surface area contributed by atoms with Gasteiger partial charge in [-0.3, -0.25) is 9.63 Å². The quantitative estimate of drug-likeness (QED) is 0.395. The number of carbonyl (C=O) groups is 1. The SMILES string of the molecule is Cc1ccc(C2=CC(c3ccccc3)N(OC(CC(=O)CC(C)C)CC(C)C)C=C2)cc1. The van der Waals surface area contributed by atoms with Crippen LogP contribution in [0.1, 0.15) is 69.7 Å². The fourth-order valence-corrected chi connectivity index (χ4v) is 4.13. The van der Waals surface area contributed by atoms with Gasteiger partial charge in [-0.25, -0.2) is 5.06 Å². The van der Waals surface area contributed by atoms with Crippen molar-refractivity contribution in [2.45, 2.75) is 66.0 Å². The molecule has 0 saturated heterocycles. The van der Waals surface area contributed by atoms with Gasteiger partial charge in [0.15, 0.2) is 0 Å². The summed E-state index contributed by atoms with van der Waals surface area (Å²) in [4.78, 5) is 19.1. The number of aryl methyl sites for hydroxylation is 1. The number of rotatable bonds is 10. The normalized spacial score (nSPS) is 17.0. The Morgan fingerprint density at radius 1 is 0.938 bits per heavy atom. The lowest BCUT2D eigenvalue weighted by atomic mass is 9.96. The van der Waals surface area contributed by atoms with Gasteiger partial charge < -0.3 is 0 Å². The highest BCUT2D eigenvalue weighted by Crippen LogP contribution is 2.33. The third kappa shape index (κ3) is 6.93. The molecule has 3 rings (SSSR count). The molecule has 1 aliphatic rings. The van der Waals surface area contributed by atoms with E-state index in [0.717, 1.165) is 6.42 Å². The van der Waals surface area contributed by atoms with Gasteiger partial charge in [-0.15, -0.1) is 0 Å². The van der Waals surface area contributed by atoms with Crippen LogP contribution in [-0.2, 0) is 9.63 Å². The molecule has 2 aromatic carbocycles. The van der Waals surface area contributed by atoms with Gasteiger partial charge >= 0.3 is 0 Å². The molecule has 3 nitrogen and oxygen atoms in total. The van der Waals surface area contributed by atoms with Gasteiger partial charge in [-0.05, 0) is 54.0 Å². The molecular formula is C29H37NO2. The van der Waals surface area contributed by atoms with Gasteiger partial charge in [0.05, 0.1) is 12.1 Å². The zero-order valence-electron chi connectivity index (χ0n) is 20.1. The highest BCUT2D eigenvalue weighted by molar-refractivity contribution is 5.79. The van der Waals surface area contributed by atoms with Gasteiger partial charge in [0.1, 0.15) is 5.78 Å². The topological polar surface area (TPSA) is 29.5 Å². The van der Waals surface area contributed by atoms with E-state index in [-0.39, 0.29) is 17.9 Å². The summed E-state index contributed by atoms with van der Waals surface area (Å²) in [5.41, 5.74) is 4.79. The average Bonchev–Trinajstić information content (AvgIpc) is 2.74. The Labute approximate surface area is 193 Å². The van der Waals surface area contributed by atoms with E-state index in [1.54, 1.807) is 0 Å². The molecule has 0 radical (unpaired) electrons. The molecule has 0 aliphatic carbocycles. The van der Waals surface area contributed by atoms with Crippen LogP contribution in [-0.4, -0.2) is 17.0 Å². The van der Waals surface area contributed by atoms with Gasteiger partial charge in [0, 0.05) is 19.0 Å². The van der Waals surface area contributed by atoms with Crippen LogP contribution >= 0.6 is 0 Å². The van der Waals surface area contributed by atoms with Gasteiger partial charge in [0.2, 0.25) is 0 Å². The Morgan fingerprint density at radius 2 is 1.62 bits per heavy atom. The molecule has 0 saturated carbocycles. The summed E-state index contributed by atoms with van der Waals surface area (Å²) in [6.07, 6.45) is 8.16. The van der Waals surface area contributed by atoms with Gasteiger partial charge in [-0.2, -0.15) is 0 Å². The number of nitrogens with zero attached hydrogens (tertiary/aromatic N) is 1. The molecule has 0 amide bonds. The Morgan fingerprint density at radius 3 is 2.25 bits per heavy atom. The van der Waals surface area contributed by atoms with E-state index in [0.29, 0.717) is 24.7 Å². The Bertz CT molecular complexity index is 925. The summed E-state index contributed by atoms with van der Waals surface area (Å²) in [6, 6.07) is 19.0. The third-order valence-electron chi connectivity index (χ3n) is 5.63. The lowest BCUT2D eigenvalue weighted by Gasteiger charge is -2.35. The first-order valence-electron chi connectivity index (χ1n) is 11.8. The number of benzene rings is 2. The van der Waals surface area contributed by atoms with Crippen LogP contribution in [0.3, 0.4) is 0 Å². The number of hydroxylamine groups is 2. The fraction of sp³-hybridized carbons (Fsp3) is 0.414. The summed E-state index contributed by atoms with van der Waals surface area (Å²) in [5.74, 6) is 1.10. The number of ketones is 1. The van der Waals surface area contributed by atoms with Crippen LogP contribution < -0.4 is 0 Å². The van der Waals surface area contributed by atoms with E-state index in [1.165, 1.54) is 22.3 Å². The molecule has 2 aromatic rings. The number of hydrogen-bond acceptors (Lipinski definition) is 3. The largest absolute Gasteiger partial charge is 0.300 e. The fourth-order valence-electron chi connectivity index (χ4n) is 4.13. The number of Topliss-reactive ketones (excluding diaryl/α,β-unsaturated/α-hetero) is 1. The van der Waals surface area contributed by atoms with E-state index in [1.807, 2.05) is 17.3 Å². The zero-order chi connectivity index (χ0) is 23.1. The second-order valence-electron chi connectivity index (χ2n) is 9.72. The van der Waals surface area contributed by atoms with Crippen LogP contribution in [0.5, 0.6) is 0 Å². The summed E-state index contributed by atoms with van der Waals surface area (Å²) in [7, 11) is 0. The Hall–Kier alpha value is -2.65. The predicted molar refractivity (Wildman–Crippen MR) is 133 cm³/mol. The predicted octanol–water partition coefficient (Wildman–Crippen LogP) is 7.30. The molecule has 0 aromatic heterocycles. The molecule has 1 heterocycles. The van der Waals surface area contributed by atoms with E-state index in [2.05, 4.69) is 95.3 Å². The molecule has 0 N–H and O–H groups in total. The Kier molecular flexibility index (Phi) is 8.46. The lowest BCUT2D eigenvalue weighted by molar-refractivity contribution is -0.188. The third-order valence-corrected chi connectivity index (χ3v) is 5.63. The molecule has 3 heteroatoms. The molecule has 32 heavy (non-hydrogen) atoms. The minimum Gasteiger partial charge on any atom is -0.300 e. The first kappa shape index (κ1) is 24.0. The van der Waals surface area contributed by atoms with Crippen molar-refractivity contribution in [3.63, 3.8) is 0 Å². The molecule has 0 spiro atoms. The summed E-state index contributed by atoms with van der Waals surface area (Å²) < 4.78 is 0. The van der Waals surface area contributed by atoms with Crippen molar-refractivity contribution in [2.24, 2.45) is 11.8 Å². The highest BCUT2D eigenvalue weighted by atomic mass is 16.7. The average molecular weight is 432 g/mol. The van der Waals surface area contributed by atoms with Crippen molar-refractivity contribution in [2.75, 3.05) is 0 Å². The maximum Gasteiger partial charge on any atom is 0.135 e. The van der Waals surface area contributed by atoms with Crippen molar-refractivity contribution in [1.29, 1.82) is 0 Å². The van der Waals surface area contributed by atoms with Crippen molar-refractivity contribution in [1.82, 2.24) is 5.06 Å². The lowest BCUT2D eigenvalue weighted by Crippen LogP contribution is -2.32. The van der Waals surface area contributed by atoms with E-state index in [4.69, 9.17) is 4.84 Å². The summed E-state index contributed by atoms with van der Waals surface area (Å²) in [5, 5.41) is 1.93. The van der Waals surface area contributed by atoms with Crippen LogP contribution in [0.4, 0.5) is 0 Å². The number of hydrogen-bond donors (Lipinski definition) is 0. The maximum absolute atomic E-state index is 12.6. The van der Waals surface area contributed by atoms with E-state index >= 15 is 0 Å². The van der Waals surface area contributed by atoms with Crippen molar-refractivity contribution in [3.05, 3.63) is 89.6 Å². The summed E-state index contributed by atoms with van der Waals surface area (Å²) in [6.45, 7) is 10.6. The minimum absolute atomic E-state index is 0.0487. The first-order valence-corrected chi connectivity index (χ1v) is 11.8. The molecule has 0 bridgehead atoms. The molecule has 0 fully saturated rings. The first-order chi connectivity index (χ1) is 15.3. The zero-order valence-corrected chi connectivity index (χ0v) is 20.1. The maximum atomic E-state index is 12.6. The van der Waals surface area contributed by atoms with E-state index in [9.17, 15) is 4.79 Å². The highest BCUT2D eigenvalue weighted by Gasteiger charge is 2.26. The molecule has 1 aliphatic heterocycles. The number of carbonyl (C=O) groups excluding carboxylic acids is 1.